The molecule has 1 nitrogen and oxygen atoms in total. The van der Waals surface area contributed by atoms with Crippen molar-refractivity contribution in [3.63, 3.8) is 0 Å². The lowest BCUT2D eigenvalue weighted by atomic mass is 10.1. The first kappa shape index (κ1) is 15.8. The summed E-state index contributed by atoms with van der Waals surface area (Å²) in [6, 6.07) is 8.30. The number of ketones is 1. The predicted molar refractivity (Wildman–Crippen MR) is 77.2 cm³/mol. The molecule has 104 valence electrons. The molecular weight excluding hydrogens is 262 g/mol. The van der Waals surface area contributed by atoms with E-state index in [9.17, 15) is 13.6 Å². The number of rotatable bonds is 3. The van der Waals surface area contributed by atoms with Crippen LogP contribution in [0.1, 0.15) is 31.1 Å². The van der Waals surface area contributed by atoms with E-state index in [0.717, 1.165) is 0 Å². The van der Waals surface area contributed by atoms with Crippen molar-refractivity contribution in [2.45, 2.75) is 38.9 Å². The van der Waals surface area contributed by atoms with Crippen LogP contribution in [0.25, 0.3) is 0 Å². The molecule has 0 saturated carbocycles. The van der Waals surface area contributed by atoms with Gasteiger partial charge in [-0.05, 0) is 5.04 Å². The summed E-state index contributed by atoms with van der Waals surface area (Å²) >= 11 is 0. The minimum absolute atomic E-state index is 0.258. The Labute approximate surface area is 114 Å². The summed E-state index contributed by atoms with van der Waals surface area (Å²) in [4.78, 5) is 12.4. The molecule has 0 aliphatic rings. The summed E-state index contributed by atoms with van der Waals surface area (Å²) in [6.07, 6.45) is -1.83. The first-order valence-electron chi connectivity index (χ1n) is 6.24. The smallest absolute Gasteiger partial charge is 0.273 e. The molecule has 1 rings (SSSR count). The number of hydrogen-bond donors (Lipinski definition) is 0. The van der Waals surface area contributed by atoms with E-state index in [4.69, 9.17) is 0 Å². The standard InChI is InChI=1S/C15H20F2OSi/c1-15(2,3)19(4,5)13(14(16)17)12(18)11-9-7-6-8-10-11/h6-10H,1-5H3. The number of Topliss-reactive ketones (excluding diaryl/α,β-unsaturated/α-hetero) is 1. The van der Waals surface area contributed by atoms with Crippen LogP contribution < -0.4 is 0 Å². The zero-order valence-electron chi connectivity index (χ0n) is 12.1. The Balaban J connectivity index is 3.34. The maximum absolute atomic E-state index is 13.4. The Kier molecular flexibility index (Phi) is 4.45. The summed E-state index contributed by atoms with van der Waals surface area (Å²) in [6.45, 7) is 9.39. The van der Waals surface area contributed by atoms with Crippen LogP contribution in [-0.4, -0.2) is 13.9 Å². The normalized spacial score (nSPS) is 12.2. The van der Waals surface area contributed by atoms with Crippen molar-refractivity contribution < 1.29 is 13.6 Å². The molecule has 0 atom stereocenters. The Bertz CT molecular complexity index is 495. The SMILES string of the molecule is CC(C)(C)[Si](C)(C)C(C(=O)c1ccccc1)=C(F)F. The van der Waals surface area contributed by atoms with Crippen LogP contribution in [0, 0.1) is 0 Å². The molecule has 0 N–H and O–H groups in total. The topological polar surface area (TPSA) is 17.1 Å². The molecule has 0 radical (unpaired) electrons. The van der Waals surface area contributed by atoms with Crippen molar-refractivity contribution >= 4 is 13.9 Å². The fourth-order valence-corrected chi connectivity index (χ4v) is 3.65. The van der Waals surface area contributed by atoms with Crippen molar-refractivity contribution in [2.24, 2.45) is 0 Å². The summed E-state index contributed by atoms with van der Waals surface area (Å²) in [7, 11) is -2.56. The van der Waals surface area contributed by atoms with E-state index in [1.807, 2.05) is 33.9 Å². The van der Waals surface area contributed by atoms with Gasteiger partial charge in [0.15, 0.2) is 5.78 Å². The molecule has 0 saturated heterocycles. The fraction of sp³-hybridized carbons (Fsp3) is 0.400. The molecule has 0 fully saturated rings. The average Bonchev–Trinajstić information content (AvgIpc) is 2.27. The van der Waals surface area contributed by atoms with E-state index >= 15 is 0 Å². The van der Waals surface area contributed by atoms with Crippen LogP contribution in [0.2, 0.25) is 18.1 Å². The largest absolute Gasteiger partial charge is 0.289 e. The second-order valence-electron chi connectivity index (χ2n) is 6.21. The van der Waals surface area contributed by atoms with Crippen molar-refractivity contribution in [3.05, 3.63) is 47.2 Å². The number of allylic oxidation sites excluding steroid dienone is 1. The third kappa shape index (κ3) is 3.18. The Morgan fingerprint density at radius 1 is 1.05 bits per heavy atom. The van der Waals surface area contributed by atoms with Crippen molar-refractivity contribution in [2.75, 3.05) is 0 Å². The van der Waals surface area contributed by atoms with Crippen LogP contribution in [0.15, 0.2) is 41.6 Å². The number of carbonyl (C=O) groups excluding carboxylic acids is 1. The second-order valence-corrected chi connectivity index (χ2v) is 11.5. The molecule has 0 spiro atoms. The Morgan fingerprint density at radius 2 is 1.53 bits per heavy atom. The van der Waals surface area contributed by atoms with Gasteiger partial charge in [-0.1, -0.05) is 64.2 Å². The van der Waals surface area contributed by atoms with E-state index in [-0.39, 0.29) is 10.2 Å². The molecule has 1 aromatic carbocycles. The van der Waals surface area contributed by atoms with Gasteiger partial charge in [-0.25, -0.2) is 0 Å². The zero-order valence-corrected chi connectivity index (χ0v) is 13.1. The predicted octanol–water partition coefficient (Wildman–Crippen LogP) is 5.07. The molecule has 0 heterocycles. The quantitative estimate of drug-likeness (QED) is 0.430. The van der Waals surface area contributed by atoms with E-state index in [1.165, 1.54) is 0 Å². The number of halogens is 2. The van der Waals surface area contributed by atoms with Gasteiger partial charge < -0.3 is 0 Å². The maximum Gasteiger partial charge on any atom is 0.273 e. The van der Waals surface area contributed by atoms with Gasteiger partial charge in [-0.2, -0.15) is 8.78 Å². The molecule has 0 unspecified atom stereocenters. The van der Waals surface area contributed by atoms with Crippen LogP contribution in [0.5, 0.6) is 0 Å². The van der Waals surface area contributed by atoms with E-state index in [0.29, 0.717) is 5.56 Å². The van der Waals surface area contributed by atoms with Crippen LogP contribution in [0.4, 0.5) is 8.78 Å². The van der Waals surface area contributed by atoms with Gasteiger partial charge in [0.1, 0.15) is 0 Å². The number of carbonyl (C=O) groups is 1. The van der Waals surface area contributed by atoms with Crippen molar-refractivity contribution in [1.82, 2.24) is 0 Å². The monoisotopic (exact) mass is 282 g/mol. The highest BCUT2D eigenvalue weighted by Gasteiger charge is 2.44. The highest BCUT2D eigenvalue weighted by molar-refractivity contribution is 6.91. The lowest BCUT2D eigenvalue weighted by Crippen LogP contribution is -2.43. The fourth-order valence-electron chi connectivity index (χ4n) is 1.71. The van der Waals surface area contributed by atoms with Crippen molar-refractivity contribution in [1.29, 1.82) is 0 Å². The molecule has 4 heteroatoms. The highest BCUT2D eigenvalue weighted by atomic mass is 28.3. The summed E-state index contributed by atoms with van der Waals surface area (Å²) in [5.41, 5.74) is 0.329. The van der Waals surface area contributed by atoms with Crippen LogP contribution in [0.3, 0.4) is 0 Å². The lowest BCUT2D eigenvalue weighted by Gasteiger charge is -2.37. The first-order chi connectivity index (χ1) is 8.59. The third-order valence-electron chi connectivity index (χ3n) is 3.95. The zero-order chi connectivity index (χ0) is 14.8. The van der Waals surface area contributed by atoms with Crippen LogP contribution in [-0.2, 0) is 0 Å². The Hall–Kier alpha value is -1.29. The number of hydrogen-bond acceptors (Lipinski definition) is 1. The summed E-state index contributed by atoms with van der Waals surface area (Å²) in [5.74, 6) is -0.535. The summed E-state index contributed by atoms with van der Waals surface area (Å²) in [5, 5.41) is -0.567. The molecular formula is C15H20F2OSi. The minimum atomic E-state index is -2.56. The molecule has 0 amide bonds. The van der Waals surface area contributed by atoms with E-state index in [2.05, 4.69) is 0 Å². The van der Waals surface area contributed by atoms with Gasteiger partial charge in [-0.3, -0.25) is 4.79 Å². The average molecular weight is 282 g/mol. The van der Waals surface area contributed by atoms with E-state index < -0.39 is 19.9 Å². The minimum Gasteiger partial charge on any atom is -0.289 e. The van der Waals surface area contributed by atoms with Gasteiger partial charge in [0.05, 0.1) is 13.3 Å². The molecule has 1 aromatic rings. The van der Waals surface area contributed by atoms with Gasteiger partial charge in [0.25, 0.3) is 6.08 Å². The second kappa shape index (κ2) is 5.37. The maximum atomic E-state index is 13.4. The molecule has 0 bridgehead atoms. The molecule has 0 aliphatic heterocycles. The van der Waals surface area contributed by atoms with E-state index in [1.54, 1.807) is 30.3 Å². The van der Waals surface area contributed by atoms with Crippen molar-refractivity contribution in [3.8, 4) is 0 Å². The van der Waals surface area contributed by atoms with Gasteiger partial charge >= 0.3 is 0 Å². The number of benzene rings is 1. The van der Waals surface area contributed by atoms with Crippen LogP contribution >= 0.6 is 0 Å². The highest BCUT2D eigenvalue weighted by Crippen LogP contribution is 2.43. The summed E-state index contributed by atoms with van der Waals surface area (Å²) < 4.78 is 26.7. The Morgan fingerprint density at radius 3 is 1.89 bits per heavy atom. The first-order valence-corrected chi connectivity index (χ1v) is 9.24. The lowest BCUT2D eigenvalue weighted by molar-refractivity contribution is 0.103. The third-order valence-corrected chi connectivity index (χ3v) is 9.37. The van der Waals surface area contributed by atoms with Gasteiger partial charge in [-0.15, -0.1) is 0 Å². The van der Waals surface area contributed by atoms with Gasteiger partial charge in [0.2, 0.25) is 0 Å². The molecule has 19 heavy (non-hydrogen) atoms. The van der Waals surface area contributed by atoms with Gasteiger partial charge in [0, 0.05) is 5.56 Å². The molecule has 0 aliphatic carbocycles. The molecule has 0 aromatic heterocycles.